The third-order valence-corrected chi connectivity index (χ3v) is 8.89. The molecule has 3 aliphatic rings. The number of rotatable bonds is 10. The summed E-state index contributed by atoms with van der Waals surface area (Å²) < 4.78 is 46.4. The zero-order valence-corrected chi connectivity index (χ0v) is 24.8. The van der Waals surface area contributed by atoms with Gasteiger partial charge >= 0.3 is 0 Å². The number of halogens is 4. The first-order valence-corrected chi connectivity index (χ1v) is 15.2. The molecular weight excluding hydrogens is 575 g/mol. The molecule has 226 valence electrons. The fraction of sp³-hybridized carbons (Fsp3) is 0.382. The number of carbonyl (C=O) groups excluding carboxylic acids is 1. The van der Waals surface area contributed by atoms with Crippen molar-refractivity contribution in [1.82, 2.24) is 15.1 Å². The van der Waals surface area contributed by atoms with E-state index in [2.05, 4.69) is 29.4 Å². The maximum Gasteiger partial charge on any atom is 0.252 e. The molecule has 1 saturated carbocycles. The van der Waals surface area contributed by atoms with Crippen molar-refractivity contribution in [2.45, 2.75) is 56.8 Å². The molecule has 5 nitrogen and oxygen atoms in total. The van der Waals surface area contributed by atoms with Crippen LogP contribution in [0.25, 0.3) is 5.57 Å². The monoisotopic (exact) mass is 609 g/mol. The predicted octanol–water partition coefficient (Wildman–Crippen LogP) is 6.39. The van der Waals surface area contributed by atoms with Crippen molar-refractivity contribution in [1.29, 1.82) is 0 Å². The molecule has 1 amide bonds. The fourth-order valence-electron chi connectivity index (χ4n) is 6.25. The number of carbonyl (C=O) groups is 1. The molecule has 0 spiro atoms. The molecule has 2 fully saturated rings. The maximum absolute atomic E-state index is 14.4. The summed E-state index contributed by atoms with van der Waals surface area (Å²) in [5.74, 6) is -3.99. The van der Waals surface area contributed by atoms with Crippen LogP contribution >= 0.6 is 11.6 Å². The van der Waals surface area contributed by atoms with Crippen LogP contribution in [0.3, 0.4) is 0 Å². The normalized spacial score (nSPS) is 20.3. The molecule has 0 radical (unpaired) electrons. The Kier molecular flexibility index (Phi) is 8.80. The smallest absolute Gasteiger partial charge is 0.252 e. The number of ether oxygens (including phenoxy) is 1. The van der Waals surface area contributed by atoms with Gasteiger partial charge in [0, 0.05) is 42.3 Å². The molecule has 43 heavy (non-hydrogen) atoms. The van der Waals surface area contributed by atoms with E-state index < -0.39 is 23.2 Å². The molecule has 2 heterocycles. The summed E-state index contributed by atoms with van der Waals surface area (Å²) in [5.41, 5.74) is 4.94. The first kappa shape index (κ1) is 29.7. The van der Waals surface area contributed by atoms with Crippen LogP contribution in [0.4, 0.5) is 13.2 Å². The van der Waals surface area contributed by atoms with Crippen LogP contribution in [0.2, 0.25) is 5.02 Å². The van der Waals surface area contributed by atoms with Crippen LogP contribution in [0.15, 0.2) is 66.2 Å². The minimum Gasteiger partial charge on any atom is -0.488 e. The van der Waals surface area contributed by atoms with Gasteiger partial charge in [-0.1, -0.05) is 54.1 Å². The van der Waals surface area contributed by atoms with Crippen LogP contribution in [-0.4, -0.2) is 60.6 Å². The number of hydrogen-bond acceptors (Lipinski definition) is 4. The van der Waals surface area contributed by atoms with Crippen molar-refractivity contribution < 1.29 is 22.7 Å². The zero-order chi connectivity index (χ0) is 30.1. The molecular formula is C34H35ClF3N3O2. The van der Waals surface area contributed by atoms with Gasteiger partial charge in [0.2, 0.25) is 5.82 Å². The lowest BCUT2D eigenvalue weighted by atomic mass is 9.82. The van der Waals surface area contributed by atoms with Crippen LogP contribution in [0, 0.1) is 17.5 Å². The number of aryl methyl sites for hydroxylation is 1. The van der Waals surface area contributed by atoms with Gasteiger partial charge in [-0.2, -0.15) is 4.39 Å². The number of nitrogens with zero attached hydrogens (tertiary/aromatic N) is 2. The van der Waals surface area contributed by atoms with E-state index >= 15 is 0 Å². The Hall–Kier alpha value is -3.33. The lowest BCUT2D eigenvalue weighted by Gasteiger charge is -2.44. The van der Waals surface area contributed by atoms with E-state index in [9.17, 15) is 18.0 Å². The second-order valence-corrected chi connectivity index (χ2v) is 12.2. The molecule has 1 saturated heterocycles. The Morgan fingerprint density at radius 2 is 1.77 bits per heavy atom. The van der Waals surface area contributed by atoms with Crippen molar-refractivity contribution in [3.8, 4) is 5.75 Å². The Balaban J connectivity index is 1.21. The summed E-state index contributed by atoms with van der Waals surface area (Å²) in [5, 5.41) is 4.38. The molecule has 2 aliphatic heterocycles. The Labute approximate surface area is 255 Å². The van der Waals surface area contributed by atoms with E-state index in [-0.39, 0.29) is 30.6 Å². The molecule has 1 N–H and O–H groups in total. The summed E-state index contributed by atoms with van der Waals surface area (Å²) >= 11 is 6.50. The van der Waals surface area contributed by atoms with E-state index in [1.54, 1.807) is 0 Å². The van der Waals surface area contributed by atoms with Gasteiger partial charge in [0.05, 0.1) is 12.6 Å². The Bertz CT molecular complexity index is 1530. The van der Waals surface area contributed by atoms with Gasteiger partial charge in [-0.15, -0.1) is 0 Å². The molecule has 0 aromatic heterocycles. The van der Waals surface area contributed by atoms with Gasteiger partial charge in [0.1, 0.15) is 0 Å². The second-order valence-electron chi connectivity index (χ2n) is 11.8. The van der Waals surface area contributed by atoms with Gasteiger partial charge in [-0.05, 0) is 79.6 Å². The SMILES string of the molecule is CN1C[C@H]2CC(c3ccc(CCCOc4c(F)ccc(F)c4F)cc3)=C(C(=O)N(Cc3ccccc3Cl)C3CC3)[C@@H](C1)N2. The number of nitrogens with one attached hydrogen (secondary N) is 1. The summed E-state index contributed by atoms with van der Waals surface area (Å²) in [6.45, 7) is 2.21. The van der Waals surface area contributed by atoms with Crippen molar-refractivity contribution in [2.24, 2.45) is 0 Å². The highest BCUT2D eigenvalue weighted by molar-refractivity contribution is 6.31. The van der Waals surface area contributed by atoms with Crippen LogP contribution in [-0.2, 0) is 17.8 Å². The Morgan fingerprint density at radius 1 is 1.02 bits per heavy atom. The second kappa shape index (κ2) is 12.7. The van der Waals surface area contributed by atoms with E-state index in [1.165, 1.54) is 0 Å². The third kappa shape index (κ3) is 6.61. The van der Waals surface area contributed by atoms with E-state index in [0.29, 0.717) is 24.4 Å². The average Bonchev–Trinajstić information content (AvgIpc) is 3.83. The number of piperazine rings is 1. The molecule has 3 aromatic carbocycles. The van der Waals surface area contributed by atoms with Gasteiger partial charge in [0.15, 0.2) is 17.4 Å². The molecule has 1 aliphatic carbocycles. The Morgan fingerprint density at radius 3 is 2.51 bits per heavy atom. The summed E-state index contributed by atoms with van der Waals surface area (Å²) in [4.78, 5) is 18.7. The standard InChI is InChI=1S/C34H35ClF3N3O2/c1-40-19-24-17-26(22-10-8-21(9-11-22)5-4-16-43-33-29(37)15-14-28(36)32(33)38)31(30(20-40)39-24)34(42)41(25-12-13-25)18-23-6-2-3-7-27(23)35/h2-3,6-11,14-15,24-25,30,39H,4-5,12-13,16-20H2,1H3/t24-,30-/m1/s1. The highest BCUT2D eigenvalue weighted by atomic mass is 35.5. The first-order chi connectivity index (χ1) is 20.8. The van der Waals surface area contributed by atoms with Crippen molar-refractivity contribution >= 4 is 23.1 Å². The molecule has 2 atom stereocenters. The summed E-state index contributed by atoms with van der Waals surface area (Å²) in [6.07, 6.45) is 3.87. The number of hydrogen-bond donors (Lipinski definition) is 1. The number of amides is 1. The maximum atomic E-state index is 14.4. The predicted molar refractivity (Wildman–Crippen MR) is 161 cm³/mol. The zero-order valence-electron chi connectivity index (χ0n) is 24.1. The number of likely N-dealkylation sites (N-methyl/N-ethyl adjacent to an activating group) is 1. The first-order valence-electron chi connectivity index (χ1n) is 14.9. The molecule has 0 unspecified atom stereocenters. The number of fused-ring (bicyclic) bond motifs is 2. The van der Waals surface area contributed by atoms with Crippen LogP contribution < -0.4 is 10.1 Å². The van der Waals surface area contributed by atoms with E-state index in [1.807, 2.05) is 41.3 Å². The number of benzene rings is 3. The average molecular weight is 610 g/mol. The highest BCUT2D eigenvalue weighted by Crippen LogP contribution is 2.37. The van der Waals surface area contributed by atoms with Gasteiger partial charge in [0.25, 0.3) is 5.91 Å². The van der Waals surface area contributed by atoms with E-state index in [0.717, 1.165) is 72.3 Å². The lowest BCUT2D eigenvalue weighted by molar-refractivity contribution is -0.128. The van der Waals surface area contributed by atoms with Gasteiger partial charge in [-0.25, -0.2) is 8.78 Å². The minimum absolute atomic E-state index is 0.0494. The van der Waals surface area contributed by atoms with Crippen molar-refractivity contribution in [3.05, 3.63) is 105 Å². The topological polar surface area (TPSA) is 44.8 Å². The van der Waals surface area contributed by atoms with Crippen molar-refractivity contribution in [2.75, 3.05) is 26.7 Å². The summed E-state index contributed by atoms with van der Waals surface area (Å²) in [7, 11) is 2.10. The summed E-state index contributed by atoms with van der Waals surface area (Å²) in [6, 6.07) is 17.9. The molecule has 3 aromatic rings. The minimum atomic E-state index is -1.31. The van der Waals surface area contributed by atoms with Crippen LogP contribution in [0.1, 0.15) is 42.4 Å². The largest absolute Gasteiger partial charge is 0.488 e. The fourth-order valence-corrected chi connectivity index (χ4v) is 6.45. The van der Waals surface area contributed by atoms with Crippen LogP contribution in [0.5, 0.6) is 5.75 Å². The molecule has 9 heteroatoms. The molecule has 2 bridgehead atoms. The third-order valence-electron chi connectivity index (χ3n) is 8.53. The van der Waals surface area contributed by atoms with Gasteiger partial charge < -0.3 is 19.9 Å². The van der Waals surface area contributed by atoms with Crippen molar-refractivity contribution in [3.63, 3.8) is 0 Å². The van der Waals surface area contributed by atoms with Gasteiger partial charge in [-0.3, -0.25) is 4.79 Å². The highest BCUT2D eigenvalue weighted by Gasteiger charge is 2.42. The molecule has 6 rings (SSSR count). The quantitative estimate of drug-likeness (QED) is 0.214. The van der Waals surface area contributed by atoms with E-state index in [4.69, 9.17) is 16.3 Å². The lowest BCUT2D eigenvalue weighted by Crippen LogP contribution is -2.60.